The number of anilines is 2. The summed E-state index contributed by atoms with van der Waals surface area (Å²) in [6, 6.07) is 12.3. The Labute approximate surface area is 199 Å². The van der Waals surface area contributed by atoms with Gasteiger partial charge in [0.2, 0.25) is 17.7 Å². The van der Waals surface area contributed by atoms with Crippen molar-refractivity contribution in [2.24, 2.45) is 0 Å². The highest BCUT2D eigenvalue weighted by atomic mass is 16.6. The predicted molar refractivity (Wildman–Crippen MR) is 128 cm³/mol. The number of para-hydroxylation sites is 2. The Kier molecular flexibility index (Phi) is 7.02. The molecular weight excluding hydrogens is 436 g/mol. The molecule has 0 saturated heterocycles. The molecule has 0 saturated carbocycles. The number of hydrogen-bond acceptors (Lipinski definition) is 6. The summed E-state index contributed by atoms with van der Waals surface area (Å²) in [5, 5.41) is 5.82. The van der Waals surface area contributed by atoms with E-state index in [2.05, 4.69) is 10.6 Å². The average molecular weight is 467 g/mol. The maximum atomic E-state index is 13.2. The molecule has 2 aromatic carbocycles. The van der Waals surface area contributed by atoms with E-state index in [1.54, 1.807) is 22.9 Å². The zero-order valence-electron chi connectivity index (χ0n) is 19.7. The number of fused-ring (bicyclic) bond motifs is 2. The molecule has 34 heavy (non-hydrogen) atoms. The largest absolute Gasteiger partial charge is 0.486 e. The molecule has 3 amide bonds. The Morgan fingerprint density at radius 2 is 1.88 bits per heavy atom. The summed E-state index contributed by atoms with van der Waals surface area (Å²) in [6.45, 7) is 4.87. The predicted octanol–water partition coefficient (Wildman–Crippen LogP) is 2.33. The first-order chi connectivity index (χ1) is 16.3. The van der Waals surface area contributed by atoms with Crippen molar-refractivity contribution in [3.63, 3.8) is 0 Å². The SMILES string of the molecule is C[C@@H]1CC(=O)Nc2ccccc2N1C(=O)CN(C)CC(=O)N[C@H](C)c1ccc2c(c1)OCCO2. The fraction of sp³-hybridized carbons (Fsp3) is 0.400. The summed E-state index contributed by atoms with van der Waals surface area (Å²) in [7, 11) is 1.73. The molecule has 0 bridgehead atoms. The van der Waals surface area contributed by atoms with Crippen LogP contribution in [-0.4, -0.2) is 62.0 Å². The molecule has 0 aromatic heterocycles. The quantitative estimate of drug-likeness (QED) is 0.678. The van der Waals surface area contributed by atoms with E-state index in [-0.39, 0.29) is 49.3 Å². The van der Waals surface area contributed by atoms with Gasteiger partial charge in [0, 0.05) is 12.5 Å². The van der Waals surface area contributed by atoms with Gasteiger partial charge in [-0.3, -0.25) is 19.3 Å². The fourth-order valence-electron chi connectivity index (χ4n) is 4.28. The van der Waals surface area contributed by atoms with Crippen LogP contribution in [0, 0.1) is 0 Å². The van der Waals surface area contributed by atoms with E-state index in [0.29, 0.717) is 36.1 Å². The number of nitrogens with one attached hydrogen (secondary N) is 2. The molecule has 2 aromatic rings. The topological polar surface area (TPSA) is 100 Å². The second-order valence-electron chi connectivity index (χ2n) is 8.75. The van der Waals surface area contributed by atoms with Crippen LogP contribution in [0.4, 0.5) is 11.4 Å². The maximum Gasteiger partial charge on any atom is 0.241 e. The lowest BCUT2D eigenvalue weighted by Gasteiger charge is -2.29. The van der Waals surface area contributed by atoms with E-state index in [4.69, 9.17) is 9.47 Å². The Balaban J connectivity index is 1.36. The molecular formula is C25H30N4O5. The van der Waals surface area contributed by atoms with Crippen LogP contribution in [0.5, 0.6) is 11.5 Å². The molecule has 2 aliphatic heterocycles. The molecule has 180 valence electrons. The summed E-state index contributed by atoms with van der Waals surface area (Å²) in [5.74, 6) is 0.877. The molecule has 4 rings (SSSR count). The van der Waals surface area contributed by atoms with Crippen molar-refractivity contribution in [3.8, 4) is 11.5 Å². The van der Waals surface area contributed by atoms with E-state index < -0.39 is 0 Å². The third kappa shape index (κ3) is 5.31. The molecule has 2 heterocycles. The van der Waals surface area contributed by atoms with Gasteiger partial charge in [0.05, 0.1) is 30.5 Å². The van der Waals surface area contributed by atoms with E-state index in [1.807, 2.05) is 50.2 Å². The molecule has 9 heteroatoms. The number of benzene rings is 2. The van der Waals surface area contributed by atoms with Crippen molar-refractivity contribution in [1.82, 2.24) is 10.2 Å². The lowest BCUT2D eigenvalue weighted by molar-refractivity contribution is -0.124. The Hall–Kier alpha value is -3.59. The van der Waals surface area contributed by atoms with Crippen LogP contribution in [0.3, 0.4) is 0 Å². The number of carbonyl (C=O) groups is 3. The van der Waals surface area contributed by atoms with Gasteiger partial charge in [-0.05, 0) is 50.7 Å². The summed E-state index contributed by atoms with van der Waals surface area (Å²) in [6.07, 6.45) is 0.206. The van der Waals surface area contributed by atoms with Crippen molar-refractivity contribution in [3.05, 3.63) is 48.0 Å². The van der Waals surface area contributed by atoms with E-state index >= 15 is 0 Å². The van der Waals surface area contributed by atoms with E-state index in [9.17, 15) is 14.4 Å². The van der Waals surface area contributed by atoms with Gasteiger partial charge in [-0.2, -0.15) is 0 Å². The standard InChI is InChI=1S/C25H30N4O5/c1-16-12-23(30)27-19-6-4-5-7-20(19)29(16)25(32)15-28(3)14-24(31)26-17(2)18-8-9-21-22(13-18)34-11-10-33-21/h4-9,13,16-17H,10-12,14-15H2,1-3H3,(H,26,31)(H,27,30)/t16-,17-/m1/s1. The summed E-state index contributed by atoms with van der Waals surface area (Å²) in [4.78, 5) is 41.3. The summed E-state index contributed by atoms with van der Waals surface area (Å²) in [5.41, 5.74) is 2.18. The average Bonchev–Trinajstić information content (AvgIpc) is 2.92. The van der Waals surface area contributed by atoms with Crippen LogP contribution < -0.4 is 25.0 Å². The fourth-order valence-corrected chi connectivity index (χ4v) is 4.28. The minimum absolute atomic E-state index is 0.0404. The second-order valence-corrected chi connectivity index (χ2v) is 8.75. The van der Waals surface area contributed by atoms with Crippen LogP contribution >= 0.6 is 0 Å². The van der Waals surface area contributed by atoms with Gasteiger partial charge in [0.25, 0.3) is 0 Å². The first kappa shape index (κ1) is 23.6. The van der Waals surface area contributed by atoms with Crippen LogP contribution in [0.25, 0.3) is 0 Å². The van der Waals surface area contributed by atoms with Gasteiger partial charge in [-0.25, -0.2) is 0 Å². The van der Waals surface area contributed by atoms with Crippen LogP contribution in [0.2, 0.25) is 0 Å². The van der Waals surface area contributed by atoms with Gasteiger partial charge in [0.1, 0.15) is 13.2 Å². The third-order valence-electron chi connectivity index (χ3n) is 5.89. The van der Waals surface area contributed by atoms with Gasteiger partial charge in [0.15, 0.2) is 11.5 Å². The second kappa shape index (κ2) is 10.1. The van der Waals surface area contributed by atoms with Crippen LogP contribution in [0.1, 0.15) is 31.9 Å². The molecule has 0 aliphatic carbocycles. The molecule has 0 radical (unpaired) electrons. The number of likely N-dealkylation sites (N-methyl/N-ethyl adjacent to an activating group) is 1. The lowest BCUT2D eigenvalue weighted by atomic mass is 10.1. The summed E-state index contributed by atoms with van der Waals surface area (Å²) >= 11 is 0. The summed E-state index contributed by atoms with van der Waals surface area (Å²) < 4.78 is 11.2. The molecule has 2 aliphatic rings. The first-order valence-electron chi connectivity index (χ1n) is 11.4. The Morgan fingerprint density at radius 3 is 2.68 bits per heavy atom. The zero-order valence-corrected chi connectivity index (χ0v) is 19.7. The minimum atomic E-state index is -0.298. The van der Waals surface area contributed by atoms with E-state index in [1.165, 1.54) is 0 Å². The number of ether oxygens (including phenoxy) is 2. The number of hydrogen-bond donors (Lipinski definition) is 2. The highest BCUT2D eigenvalue weighted by molar-refractivity contribution is 6.05. The normalized spacial score (nSPS) is 17.9. The van der Waals surface area contributed by atoms with Crippen LogP contribution in [0.15, 0.2) is 42.5 Å². The lowest BCUT2D eigenvalue weighted by Crippen LogP contribution is -2.46. The Bertz CT molecular complexity index is 1090. The molecule has 2 atom stereocenters. The number of nitrogens with zero attached hydrogens (tertiary/aromatic N) is 2. The molecule has 0 fully saturated rings. The number of amides is 3. The van der Waals surface area contributed by atoms with Crippen molar-refractivity contribution in [2.75, 3.05) is 43.6 Å². The van der Waals surface area contributed by atoms with Crippen molar-refractivity contribution < 1.29 is 23.9 Å². The van der Waals surface area contributed by atoms with Crippen LogP contribution in [-0.2, 0) is 14.4 Å². The highest BCUT2D eigenvalue weighted by Gasteiger charge is 2.30. The molecule has 2 N–H and O–H groups in total. The smallest absolute Gasteiger partial charge is 0.241 e. The molecule has 9 nitrogen and oxygen atoms in total. The van der Waals surface area contributed by atoms with Gasteiger partial charge < -0.3 is 25.0 Å². The number of rotatable bonds is 6. The highest BCUT2D eigenvalue weighted by Crippen LogP contribution is 2.33. The van der Waals surface area contributed by atoms with Gasteiger partial charge >= 0.3 is 0 Å². The Morgan fingerprint density at radius 1 is 1.15 bits per heavy atom. The first-order valence-corrected chi connectivity index (χ1v) is 11.4. The van der Waals surface area contributed by atoms with Crippen molar-refractivity contribution in [1.29, 1.82) is 0 Å². The van der Waals surface area contributed by atoms with Gasteiger partial charge in [-0.15, -0.1) is 0 Å². The monoisotopic (exact) mass is 466 g/mol. The zero-order chi connectivity index (χ0) is 24.2. The van der Waals surface area contributed by atoms with Crippen molar-refractivity contribution >= 4 is 29.1 Å². The maximum absolute atomic E-state index is 13.2. The third-order valence-corrected chi connectivity index (χ3v) is 5.89. The molecule has 0 unspecified atom stereocenters. The molecule has 0 spiro atoms. The van der Waals surface area contributed by atoms with Gasteiger partial charge in [-0.1, -0.05) is 18.2 Å². The van der Waals surface area contributed by atoms with E-state index in [0.717, 1.165) is 5.56 Å². The minimum Gasteiger partial charge on any atom is -0.486 e. The van der Waals surface area contributed by atoms with Crippen molar-refractivity contribution in [2.45, 2.75) is 32.4 Å². The number of carbonyl (C=O) groups excluding carboxylic acids is 3.